The van der Waals surface area contributed by atoms with Crippen LogP contribution in [0.1, 0.15) is 30.0 Å². The van der Waals surface area contributed by atoms with Crippen LogP contribution in [0.15, 0.2) is 48.5 Å². The lowest BCUT2D eigenvalue weighted by Crippen LogP contribution is -2.37. The van der Waals surface area contributed by atoms with Gasteiger partial charge in [0.25, 0.3) is 0 Å². The number of benzene rings is 2. The Kier molecular flexibility index (Phi) is 4.26. The highest BCUT2D eigenvalue weighted by Gasteiger charge is 2.20. The Balaban J connectivity index is 1.88. The fourth-order valence-electron chi connectivity index (χ4n) is 2.99. The van der Waals surface area contributed by atoms with Crippen molar-refractivity contribution in [3.05, 3.63) is 65.2 Å². The topological polar surface area (TPSA) is 15.3 Å². The van der Waals surface area contributed by atoms with Gasteiger partial charge < -0.3 is 10.2 Å². The fraction of sp³-hybridized carbons (Fsp3) is 0.368. The summed E-state index contributed by atoms with van der Waals surface area (Å²) in [5.41, 5.74) is 5.48. The second-order valence-corrected chi connectivity index (χ2v) is 5.98. The molecule has 110 valence electrons. The molecule has 2 nitrogen and oxygen atoms in total. The molecule has 1 heterocycles. The van der Waals surface area contributed by atoms with E-state index in [0.29, 0.717) is 6.04 Å². The minimum absolute atomic E-state index is 0.558. The molecule has 2 heteroatoms. The quantitative estimate of drug-likeness (QED) is 0.917. The van der Waals surface area contributed by atoms with Crippen LogP contribution in [0.3, 0.4) is 0 Å². The van der Waals surface area contributed by atoms with Crippen LogP contribution < -0.4 is 10.2 Å². The number of fused-ring (bicyclic) bond motifs is 1. The molecule has 1 aliphatic heterocycles. The van der Waals surface area contributed by atoms with Crippen LogP contribution >= 0.6 is 0 Å². The first-order chi connectivity index (χ1) is 10.3. The first-order valence-corrected chi connectivity index (χ1v) is 7.88. The minimum Gasteiger partial charge on any atom is -0.365 e. The lowest BCUT2D eigenvalue weighted by atomic mass is 10.1. The average molecular weight is 280 g/mol. The standard InChI is InChI=1S/C19H24N2/c1-3-18-14-21(13-16-10-8-15(2)9-11-16)19-7-5-4-6-17(19)12-20-18/h4-11,18,20H,3,12-14H2,1-2H3. The number of hydrogen-bond donors (Lipinski definition) is 1. The van der Waals surface area contributed by atoms with Crippen LogP contribution in [-0.2, 0) is 13.1 Å². The van der Waals surface area contributed by atoms with Gasteiger partial charge in [0, 0.05) is 31.4 Å². The summed E-state index contributed by atoms with van der Waals surface area (Å²) in [5.74, 6) is 0. The number of hydrogen-bond acceptors (Lipinski definition) is 2. The summed E-state index contributed by atoms with van der Waals surface area (Å²) >= 11 is 0. The molecule has 1 aliphatic rings. The molecule has 1 unspecified atom stereocenters. The Morgan fingerprint density at radius 2 is 1.86 bits per heavy atom. The van der Waals surface area contributed by atoms with Gasteiger partial charge in [-0.3, -0.25) is 0 Å². The Bertz CT molecular complexity index is 589. The smallest absolute Gasteiger partial charge is 0.0430 e. The zero-order valence-electron chi connectivity index (χ0n) is 13.0. The van der Waals surface area contributed by atoms with Crippen molar-refractivity contribution in [2.24, 2.45) is 0 Å². The summed E-state index contributed by atoms with van der Waals surface area (Å²) in [6.45, 7) is 7.43. The van der Waals surface area contributed by atoms with E-state index in [0.717, 1.165) is 19.6 Å². The molecule has 3 rings (SSSR count). The fourth-order valence-corrected chi connectivity index (χ4v) is 2.99. The van der Waals surface area contributed by atoms with Crippen molar-refractivity contribution in [2.45, 2.75) is 39.4 Å². The van der Waals surface area contributed by atoms with Gasteiger partial charge >= 0.3 is 0 Å². The zero-order chi connectivity index (χ0) is 14.7. The predicted molar refractivity (Wildman–Crippen MR) is 89.6 cm³/mol. The molecule has 0 saturated carbocycles. The van der Waals surface area contributed by atoms with Crippen LogP contribution in [0.2, 0.25) is 0 Å². The van der Waals surface area contributed by atoms with E-state index in [-0.39, 0.29) is 0 Å². The number of para-hydroxylation sites is 1. The minimum atomic E-state index is 0.558. The molecule has 0 spiro atoms. The second-order valence-electron chi connectivity index (χ2n) is 5.98. The molecule has 0 amide bonds. The van der Waals surface area contributed by atoms with E-state index in [1.54, 1.807) is 0 Å². The van der Waals surface area contributed by atoms with Gasteiger partial charge in [0.05, 0.1) is 0 Å². The van der Waals surface area contributed by atoms with E-state index in [4.69, 9.17) is 0 Å². The second kappa shape index (κ2) is 6.31. The Labute approximate surface area is 127 Å². The van der Waals surface area contributed by atoms with Crippen molar-refractivity contribution in [1.29, 1.82) is 0 Å². The summed E-state index contributed by atoms with van der Waals surface area (Å²) < 4.78 is 0. The van der Waals surface area contributed by atoms with E-state index in [1.807, 2.05) is 0 Å². The number of aryl methyl sites for hydroxylation is 1. The monoisotopic (exact) mass is 280 g/mol. The first-order valence-electron chi connectivity index (χ1n) is 7.88. The van der Waals surface area contributed by atoms with Gasteiger partial charge in [0.1, 0.15) is 0 Å². The van der Waals surface area contributed by atoms with E-state index in [2.05, 4.69) is 72.6 Å². The van der Waals surface area contributed by atoms with Gasteiger partial charge in [-0.15, -0.1) is 0 Å². The third kappa shape index (κ3) is 3.27. The third-order valence-electron chi connectivity index (χ3n) is 4.34. The molecule has 0 radical (unpaired) electrons. The van der Waals surface area contributed by atoms with Crippen molar-refractivity contribution < 1.29 is 0 Å². The molecule has 1 atom stereocenters. The van der Waals surface area contributed by atoms with Crippen LogP contribution in [-0.4, -0.2) is 12.6 Å². The highest BCUT2D eigenvalue weighted by Crippen LogP contribution is 2.25. The molecule has 1 N–H and O–H groups in total. The highest BCUT2D eigenvalue weighted by atomic mass is 15.2. The van der Waals surface area contributed by atoms with Crippen LogP contribution in [0.5, 0.6) is 0 Å². The molecular formula is C19H24N2. The molecule has 0 fully saturated rings. The number of anilines is 1. The normalized spacial score (nSPS) is 18.2. The Morgan fingerprint density at radius 3 is 2.62 bits per heavy atom. The molecule has 2 aromatic carbocycles. The van der Waals surface area contributed by atoms with Gasteiger partial charge in [-0.2, -0.15) is 0 Å². The van der Waals surface area contributed by atoms with Gasteiger partial charge in [-0.05, 0) is 30.5 Å². The van der Waals surface area contributed by atoms with Crippen LogP contribution in [0, 0.1) is 6.92 Å². The first kappa shape index (κ1) is 14.2. The van der Waals surface area contributed by atoms with Crippen molar-refractivity contribution >= 4 is 5.69 Å². The molecule has 0 saturated heterocycles. The maximum absolute atomic E-state index is 3.67. The largest absolute Gasteiger partial charge is 0.365 e. The third-order valence-corrected chi connectivity index (χ3v) is 4.34. The summed E-state index contributed by atoms with van der Waals surface area (Å²) in [7, 11) is 0. The van der Waals surface area contributed by atoms with Gasteiger partial charge in [-0.25, -0.2) is 0 Å². The van der Waals surface area contributed by atoms with E-state index >= 15 is 0 Å². The number of nitrogens with one attached hydrogen (secondary N) is 1. The van der Waals surface area contributed by atoms with Crippen LogP contribution in [0.4, 0.5) is 5.69 Å². The van der Waals surface area contributed by atoms with Crippen molar-refractivity contribution in [3.63, 3.8) is 0 Å². The Morgan fingerprint density at radius 1 is 1.10 bits per heavy atom. The zero-order valence-corrected chi connectivity index (χ0v) is 13.0. The van der Waals surface area contributed by atoms with E-state index in [1.165, 1.54) is 28.8 Å². The molecule has 2 aromatic rings. The van der Waals surface area contributed by atoms with Gasteiger partial charge in [0.15, 0.2) is 0 Å². The number of rotatable bonds is 3. The molecule has 0 aliphatic carbocycles. The maximum atomic E-state index is 3.67. The molecule has 21 heavy (non-hydrogen) atoms. The van der Waals surface area contributed by atoms with Gasteiger partial charge in [-0.1, -0.05) is 55.0 Å². The van der Waals surface area contributed by atoms with Crippen LogP contribution in [0.25, 0.3) is 0 Å². The Hall–Kier alpha value is -1.80. The predicted octanol–water partition coefficient (Wildman–Crippen LogP) is 3.88. The average Bonchev–Trinajstić information content (AvgIpc) is 2.69. The summed E-state index contributed by atoms with van der Waals surface area (Å²) in [5, 5.41) is 3.67. The van der Waals surface area contributed by atoms with Crippen molar-refractivity contribution in [3.8, 4) is 0 Å². The van der Waals surface area contributed by atoms with Crippen molar-refractivity contribution in [1.82, 2.24) is 5.32 Å². The lowest BCUT2D eigenvalue weighted by Gasteiger charge is -2.27. The van der Waals surface area contributed by atoms with E-state index < -0.39 is 0 Å². The highest BCUT2D eigenvalue weighted by molar-refractivity contribution is 5.55. The maximum Gasteiger partial charge on any atom is 0.0430 e. The van der Waals surface area contributed by atoms with Crippen molar-refractivity contribution in [2.75, 3.05) is 11.4 Å². The molecular weight excluding hydrogens is 256 g/mol. The summed E-state index contributed by atoms with van der Waals surface area (Å²) in [4.78, 5) is 2.52. The van der Waals surface area contributed by atoms with Gasteiger partial charge in [0.2, 0.25) is 0 Å². The lowest BCUT2D eigenvalue weighted by molar-refractivity contribution is 0.502. The van der Waals surface area contributed by atoms with E-state index in [9.17, 15) is 0 Å². The summed E-state index contributed by atoms with van der Waals surface area (Å²) in [6, 6.07) is 18.2. The molecule has 0 bridgehead atoms. The number of nitrogens with zero attached hydrogens (tertiary/aromatic N) is 1. The molecule has 0 aromatic heterocycles. The SMILES string of the molecule is CCC1CN(Cc2ccc(C)cc2)c2ccccc2CN1. The summed E-state index contributed by atoms with van der Waals surface area (Å²) in [6.07, 6.45) is 1.17.